The molecular weight excluding hydrogens is 459 g/mol. The van der Waals surface area contributed by atoms with Crippen LogP contribution in [0.25, 0.3) is 0 Å². The Morgan fingerprint density at radius 3 is 1.59 bits per heavy atom. The third-order valence-corrected chi connectivity index (χ3v) is 6.63. The Bertz CT molecular complexity index is 572. The lowest BCUT2D eigenvalue weighted by molar-refractivity contribution is -0.152. The summed E-state index contributed by atoms with van der Waals surface area (Å²) in [5.41, 5.74) is -1.09. The SMILES string of the molecule is C.C.C.C.C.C.CCC(C)C.CCC(C)CCCCC(C)CC(CC(F)(CC)C(=O)O)c1ccccc1. The van der Waals surface area contributed by atoms with Crippen LogP contribution in [-0.2, 0) is 4.79 Å². The van der Waals surface area contributed by atoms with Crippen molar-refractivity contribution < 1.29 is 14.3 Å². The lowest BCUT2D eigenvalue weighted by Gasteiger charge is -2.28. The molecule has 1 aromatic rings. The number of carboxylic acid groups (broad SMARTS) is 1. The summed E-state index contributed by atoms with van der Waals surface area (Å²) in [7, 11) is 0. The molecule has 1 rings (SSSR count). The maximum absolute atomic E-state index is 14.9. The van der Waals surface area contributed by atoms with E-state index in [1.807, 2.05) is 30.3 Å². The molecule has 0 heterocycles. The van der Waals surface area contributed by atoms with Gasteiger partial charge in [-0.2, -0.15) is 0 Å². The second-order valence-corrected chi connectivity index (χ2v) is 9.88. The van der Waals surface area contributed by atoms with Crippen LogP contribution in [-0.4, -0.2) is 16.7 Å². The molecule has 3 heteroatoms. The number of benzene rings is 1. The third-order valence-electron chi connectivity index (χ3n) is 6.63. The standard InChI is InChI=1S/C23H37FO2.C5H12.6CH4/c1-5-18(3)12-10-11-13-19(4)16-21(20-14-8-7-9-15-20)17-23(24,6-2)22(25)26;1-4-5(2)3;;;;;;/h7-9,14-15,18-19,21H,5-6,10-13,16-17H2,1-4H3,(H,25,26);5H,4H2,1-3H3;6*1H4. The van der Waals surface area contributed by atoms with Gasteiger partial charge in [0.1, 0.15) is 0 Å². The van der Waals surface area contributed by atoms with Crippen molar-refractivity contribution in [1.29, 1.82) is 0 Å². The monoisotopic (exact) mass is 533 g/mol. The Kier molecular flexibility index (Phi) is 41.1. The van der Waals surface area contributed by atoms with Crippen molar-refractivity contribution in [3.05, 3.63) is 35.9 Å². The van der Waals surface area contributed by atoms with Crippen molar-refractivity contribution >= 4 is 5.97 Å². The van der Waals surface area contributed by atoms with Crippen molar-refractivity contribution in [2.75, 3.05) is 0 Å². The van der Waals surface area contributed by atoms with E-state index in [0.29, 0.717) is 5.92 Å². The normalized spacial score (nSPS) is 13.4. The average Bonchev–Trinajstić information content (AvgIpc) is 2.76. The van der Waals surface area contributed by atoms with Gasteiger partial charge in [0, 0.05) is 0 Å². The molecule has 0 aliphatic carbocycles. The molecule has 2 nitrogen and oxygen atoms in total. The first-order chi connectivity index (χ1) is 14.6. The van der Waals surface area contributed by atoms with Gasteiger partial charge in [0.05, 0.1) is 0 Å². The largest absolute Gasteiger partial charge is 0.479 e. The Balaban J connectivity index is -0.000000149. The predicted octanol–water partition coefficient (Wildman–Crippen LogP) is 12.9. The van der Waals surface area contributed by atoms with Crippen molar-refractivity contribution in [3.8, 4) is 0 Å². The zero-order valence-electron chi connectivity index (χ0n) is 21.3. The number of halogens is 1. The first-order valence-corrected chi connectivity index (χ1v) is 12.6. The second-order valence-electron chi connectivity index (χ2n) is 9.88. The van der Waals surface area contributed by atoms with Crippen LogP contribution in [0.2, 0.25) is 0 Å². The molecule has 0 aromatic heterocycles. The van der Waals surface area contributed by atoms with E-state index in [1.54, 1.807) is 6.92 Å². The maximum atomic E-state index is 14.9. The van der Waals surface area contributed by atoms with Crippen molar-refractivity contribution in [1.82, 2.24) is 0 Å². The number of hydrogen-bond acceptors (Lipinski definition) is 1. The molecule has 37 heavy (non-hydrogen) atoms. The summed E-state index contributed by atoms with van der Waals surface area (Å²) in [6, 6.07) is 9.84. The molecule has 4 atom stereocenters. The molecule has 0 aliphatic rings. The number of carboxylic acids is 1. The van der Waals surface area contributed by atoms with Gasteiger partial charge in [-0.3, -0.25) is 0 Å². The Labute approximate surface area is 236 Å². The molecule has 0 saturated heterocycles. The predicted molar refractivity (Wildman–Crippen MR) is 173 cm³/mol. The average molecular weight is 533 g/mol. The van der Waals surface area contributed by atoms with Gasteiger partial charge in [0.15, 0.2) is 0 Å². The molecule has 0 spiro atoms. The third kappa shape index (κ3) is 23.5. The lowest BCUT2D eigenvalue weighted by atomic mass is 9.79. The summed E-state index contributed by atoms with van der Waals surface area (Å²) in [6.45, 7) is 15.0. The lowest BCUT2D eigenvalue weighted by Crippen LogP contribution is -2.35. The minimum absolute atomic E-state index is 0. The maximum Gasteiger partial charge on any atom is 0.341 e. The minimum atomic E-state index is -2.14. The van der Waals surface area contributed by atoms with Crippen LogP contribution >= 0.6 is 0 Å². The van der Waals surface area contributed by atoms with Gasteiger partial charge in [0.25, 0.3) is 0 Å². The summed E-state index contributed by atoms with van der Waals surface area (Å²) in [6.07, 6.45) is 8.27. The summed E-state index contributed by atoms with van der Waals surface area (Å²) in [5, 5.41) is 9.34. The summed E-state index contributed by atoms with van der Waals surface area (Å²) < 4.78 is 14.9. The van der Waals surface area contributed by atoms with Crippen molar-refractivity contribution in [3.63, 3.8) is 0 Å². The van der Waals surface area contributed by atoms with Gasteiger partial charge in [0.2, 0.25) is 5.67 Å². The molecule has 0 fully saturated rings. The van der Waals surface area contributed by atoms with Crippen LogP contribution in [0.4, 0.5) is 4.39 Å². The van der Waals surface area contributed by atoms with Crippen LogP contribution in [0, 0.1) is 17.8 Å². The van der Waals surface area contributed by atoms with E-state index in [-0.39, 0.29) is 63.3 Å². The Hall–Kier alpha value is -1.38. The highest BCUT2D eigenvalue weighted by Gasteiger charge is 2.39. The first-order valence-electron chi connectivity index (χ1n) is 12.6. The molecule has 1 aromatic carbocycles. The first kappa shape index (κ1) is 52.1. The van der Waals surface area contributed by atoms with E-state index < -0.39 is 11.6 Å². The van der Waals surface area contributed by atoms with Crippen LogP contribution < -0.4 is 0 Å². The van der Waals surface area contributed by atoms with Crippen LogP contribution in [0.1, 0.15) is 162 Å². The quantitative estimate of drug-likeness (QED) is 0.242. The van der Waals surface area contributed by atoms with Gasteiger partial charge < -0.3 is 5.11 Å². The van der Waals surface area contributed by atoms with Gasteiger partial charge >= 0.3 is 5.97 Å². The van der Waals surface area contributed by atoms with Crippen LogP contribution in [0.3, 0.4) is 0 Å². The van der Waals surface area contributed by atoms with Gasteiger partial charge in [-0.05, 0) is 48.5 Å². The molecule has 0 saturated carbocycles. The van der Waals surface area contributed by atoms with Crippen molar-refractivity contribution in [2.24, 2.45) is 17.8 Å². The Morgan fingerprint density at radius 2 is 1.24 bits per heavy atom. The number of alkyl halides is 1. The van der Waals surface area contributed by atoms with Crippen molar-refractivity contribution in [2.45, 2.75) is 162 Å². The Morgan fingerprint density at radius 1 is 0.811 bits per heavy atom. The number of carbonyl (C=O) groups is 1. The van der Waals surface area contributed by atoms with E-state index in [2.05, 4.69) is 41.5 Å². The number of rotatable bonds is 14. The smallest absolute Gasteiger partial charge is 0.341 e. The molecule has 1 N–H and O–H groups in total. The van der Waals surface area contributed by atoms with E-state index in [9.17, 15) is 14.3 Å². The summed E-state index contributed by atoms with van der Waals surface area (Å²) in [4.78, 5) is 11.4. The molecule has 0 amide bonds. The highest BCUT2D eigenvalue weighted by atomic mass is 19.1. The van der Waals surface area contributed by atoms with Crippen LogP contribution in [0.5, 0.6) is 0 Å². The van der Waals surface area contributed by atoms with Gasteiger partial charge in [-0.15, -0.1) is 0 Å². The number of hydrogen-bond donors (Lipinski definition) is 1. The number of unbranched alkanes of at least 4 members (excludes halogenated alkanes) is 1. The topological polar surface area (TPSA) is 37.3 Å². The summed E-state index contributed by atoms with van der Waals surface area (Å²) in [5.74, 6) is 0.751. The molecule has 0 aliphatic heterocycles. The second kappa shape index (κ2) is 29.2. The molecule has 228 valence electrons. The van der Waals surface area contributed by atoms with E-state index in [1.165, 1.54) is 32.1 Å². The number of aliphatic carboxylic acids is 1. The highest BCUT2D eigenvalue weighted by Crippen LogP contribution is 2.36. The molecule has 0 radical (unpaired) electrons. The van der Waals surface area contributed by atoms with Crippen LogP contribution in [0.15, 0.2) is 30.3 Å². The fourth-order valence-corrected chi connectivity index (χ4v) is 3.63. The highest BCUT2D eigenvalue weighted by molar-refractivity contribution is 5.77. The zero-order valence-corrected chi connectivity index (χ0v) is 21.3. The fourth-order valence-electron chi connectivity index (χ4n) is 3.63. The zero-order chi connectivity index (χ0) is 23.9. The molecule has 0 bridgehead atoms. The minimum Gasteiger partial charge on any atom is -0.479 e. The van der Waals surface area contributed by atoms with Gasteiger partial charge in [-0.25, -0.2) is 9.18 Å². The molecular formula is C34H73FO2. The summed E-state index contributed by atoms with van der Waals surface area (Å²) >= 11 is 0. The van der Waals surface area contributed by atoms with E-state index in [4.69, 9.17) is 0 Å². The molecule has 4 unspecified atom stereocenters. The fraction of sp³-hybridized carbons (Fsp3) is 0.794. The van der Waals surface area contributed by atoms with Gasteiger partial charge in [-0.1, -0.05) is 162 Å². The van der Waals surface area contributed by atoms with E-state index >= 15 is 0 Å². The van der Waals surface area contributed by atoms with E-state index in [0.717, 1.165) is 30.2 Å².